The molecule has 0 saturated heterocycles. The second kappa shape index (κ2) is 7.89. The molecule has 19 heavy (non-hydrogen) atoms. The van der Waals surface area contributed by atoms with Crippen molar-refractivity contribution < 1.29 is 9.53 Å². The second-order valence-corrected chi connectivity index (χ2v) is 4.69. The minimum atomic E-state index is -0.504. The molecule has 1 aromatic rings. The molecule has 4 heteroatoms. The van der Waals surface area contributed by atoms with Gasteiger partial charge in [-0.15, -0.1) is 0 Å². The van der Waals surface area contributed by atoms with E-state index in [0.717, 1.165) is 18.7 Å². The summed E-state index contributed by atoms with van der Waals surface area (Å²) >= 11 is 5.24. The molecule has 0 heterocycles. The third kappa shape index (κ3) is 4.99. The molecule has 0 amide bonds. The predicted molar refractivity (Wildman–Crippen MR) is 81.2 cm³/mol. The van der Waals surface area contributed by atoms with Gasteiger partial charge in [0.25, 0.3) is 5.17 Å². The average Bonchev–Trinajstić information content (AvgIpc) is 2.40. The lowest BCUT2D eigenvalue weighted by atomic mass is 10.1. The molecule has 104 valence electrons. The lowest BCUT2D eigenvalue weighted by Gasteiger charge is -2.25. The maximum Gasteiger partial charge on any atom is 0.260 e. The molecule has 0 N–H and O–H groups in total. The maximum absolute atomic E-state index is 11.7. The highest BCUT2D eigenvalue weighted by Crippen LogP contribution is 2.09. The number of Topliss-reactive ketones (excluding diaryl/α,β-unsaturated/α-hetero) is 1. The largest absolute Gasteiger partial charge is 0.459 e. The highest BCUT2D eigenvalue weighted by Gasteiger charge is 2.20. The van der Waals surface area contributed by atoms with Crippen molar-refractivity contribution in [2.75, 3.05) is 13.1 Å². The fourth-order valence-corrected chi connectivity index (χ4v) is 2.15. The SMILES string of the molecule is CCN(CC)C(=S)OC(Cc1ccccc1)C(C)=O. The third-order valence-corrected chi connectivity index (χ3v) is 3.34. The minimum Gasteiger partial charge on any atom is -0.459 e. The molecular weight excluding hydrogens is 258 g/mol. The number of carbonyl (C=O) groups excluding carboxylic acids is 1. The van der Waals surface area contributed by atoms with Crippen LogP contribution in [0.4, 0.5) is 0 Å². The molecule has 0 aliphatic carbocycles. The summed E-state index contributed by atoms with van der Waals surface area (Å²) in [5.74, 6) is -0.00152. The Bertz CT molecular complexity index is 415. The molecule has 0 aromatic heterocycles. The lowest BCUT2D eigenvalue weighted by Crippen LogP contribution is -2.36. The van der Waals surface area contributed by atoms with Crippen LogP contribution in [0.1, 0.15) is 26.3 Å². The first-order valence-electron chi connectivity index (χ1n) is 6.58. The van der Waals surface area contributed by atoms with Crippen LogP contribution in [0.15, 0.2) is 30.3 Å². The van der Waals surface area contributed by atoms with Gasteiger partial charge >= 0.3 is 0 Å². The van der Waals surface area contributed by atoms with E-state index in [1.165, 1.54) is 0 Å². The summed E-state index contributed by atoms with van der Waals surface area (Å²) in [6, 6.07) is 9.83. The van der Waals surface area contributed by atoms with Gasteiger partial charge in [-0.3, -0.25) is 4.79 Å². The van der Waals surface area contributed by atoms with Crippen molar-refractivity contribution in [2.45, 2.75) is 33.3 Å². The summed E-state index contributed by atoms with van der Waals surface area (Å²) < 4.78 is 5.67. The Balaban J connectivity index is 2.69. The van der Waals surface area contributed by atoms with Gasteiger partial charge < -0.3 is 9.64 Å². The van der Waals surface area contributed by atoms with Crippen molar-refractivity contribution in [2.24, 2.45) is 0 Å². The topological polar surface area (TPSA) is 29.5 Å². The fourth-order valence-electron chi connectivity index (χ4n) is 1.77. The van der Waals surface area contributed by atoms with Crippen LogP contribution in [0, 0.1) is 0 Å². The first kappa shape index (κ1) is 15.6. The van der Waals surface area contributed by atoms with Gasteiger partial charge in [0.05, 0.1) is 0 Å². The molecule has 1 aromatic carbocycles. The Morgan fingerprint density at radius 2 is 1.84 bits per heavy atom. The number of ketones is 1. The smallest absolute Gasteiger partial charge is 0.260 e. The maximum atomic E-state index is 11.7. The summed E-state index contributed by atoms with van der Waals surface area (Å²) in [6.07, 6.45) is 0.0490. The highest BCUT2D eigenvalue weighted by molar-refractivity contribution is 7.80. The van der Waals surface area contributed by atoms with Crippen molar-refractivity contribution in [1.82, 2.24) is 4.90 Å². The molecule has 0 aliphatic heterocycles. The van der Waals surface area contributed by atoms with E-state index in [0.29, 0.717) is 11.6 Å². The monoisotopic (exact) mass is 279 g/mol. The van der Waals surface area contributed by atoms with E-state index >= 15 is 0 Å². The van der Waals surface area contributed by atoms with E-state index in [9.17, 15) is 4.79 Å². The van der Waals surface area contributed by atoms with Gasteiger partial charge in [-0.05, 0) is 38.6 Å². The number of nitrogens with zero attached hydrogens (tertiary/aromatic N) is 1. The molecule has 3 nitrogen and oxygen atoms in total. The average molecular weight is 279 g/mol. The Kier molecular flexibility index (Phi) is 6.50. The summed E-state index contributed by atoms with van der Waals surface area (Å²) in [5.41, 5.74) is 1.07. The molecule has 1 atom stereocenters. The zero-order valence-corrected chi connectivity index (χ0v) is 12.6. The summed E-state index contributed by atoms with van der Waals surface area (Å²) in [7, 11) is 0. The quantitative estimate of drug-likeness (QED) is 0.749. The van der Waals surface area contributed by atoms with Crippen LogP contribution in [0.25, 0.3) is 0 Å². The van der Waals surface area contributed by atoms with Crippen molar-refractivity contribution in [3.63, 3.8) is 0 Å². The molecule has 1 unspecified atom stereocenters. The normalized spacial score (nSPS) is 11.7. The number of benzene rings is 1. The van der Waals surface area contributed by atoms with Gasteiger partial charge in [0, 0.05) is 19.5 Å². The molecule has 0 aliphatic rings. The molecule has 0 radical (unpaired) electrons. The molecule has 0 bridgehead atoms. The Morgan fingerprint density at radius 3 is 2.32 bits per heavy atom. The standard InChI is InChI=1S/C15H21NO2S/c1-4-16(5-2)15(19)18-14(12(3)17)11-13-9-7-6-8-10-13/h6-10,14H,4-5,11H2,1-3H3. The molecule has 1 rings (SSSR count). The van der Waals surface area contributed by atoms with E-state index in [1.807, 2.05) is 49.1 Å². The predicted octanol–water partition coefficient (Wildman–Crippen LogP) is 2.83. The highest BCUT2D eigenvalue weighted by atomic mass is 32.1. The number of hydrogen-bond donors (Lipinski definition) is 0. The number of rotatable bonds is 6. The Hall–Kier alpha value is -1.42. The number of carbonyl (C=O) groups is 1. The van der Waals surface area contributed by atoms with E-state index in [2.05, 4.69) is 0 Å². The van der Waals surface area contributed by atoms with Crippen molar-refractivity contribution in [1.29, 1.82) is 0 Å². The van der Waals surface area contributed by atoms with Gasteiger partial charge in [0.2, 0.25) is 0 Å². The summed E-state index contributed by atoms with van der Waals surface area (Å²) in [4.78, 5) is 13.6. The van der Waals surface area contributed by atoms with E-state index < -0.39 is 6.10 Å². The first-order chi connectivity index (χ1) is 9.08. The van der Waals surface area contributed by atoms with E-state index in [4.69, 9.17) is 17.0 Å². The van der Waals surface area contributed by atoms with Gasteiger partial charge in [-0.2, -0.15) is 0 Å². The molecule has 0 spiro atoms. The fraction of sp³-hybridized carbons (Fsp3) is 0.467. The van der Waals surface area contributed by atoms with E-state index in [-0.39, 0.29) is 5.78 Å². The van der Waals surface area contributed by atoms with Crippen LogP contribution in [0.3, 0.4) is 0 Å². The van der Waals surface area contributed by atoms with Gasteiger partial charge in [-0.1, -0.05) is 30.3 Å². The van der Waals surface area contributed by atoms with E-state index in [1.54, 1.807) is 6.92 Å². The molecule has 0 saturated carbocycles. The van der Waals surface area contributed by atoms with Crippen LogP contribution >= 0.6 is 12.2 Å². The van der Waals surface area contributed by atoms with Crippen LogP contribution in [0.5, 0.6) is 0 Å². The number of hydrogen-bond acceptors (Lipinski definition) is 3. The van der Waals surface area contributed by atoms with Crippen LogP contribution in [-0.4, -0.2) is 35.1 Å². The third-order valence-electron chi connectivity index (χ3n) is 2.98. The number of thiocarbonyl (C=S) groups is 1. The first-order valence-corrected chi connectivity index (χ1v) is 6.99. The van der Waals surface area contributed by atoms with Crippen molar-refractivity contribution in [3.8, 4) is 0 Å². The second-order valence-electron chi connectivity index (χ2n) is 4.35. The minimum absolute atomic E-state index is 0.00152. The van der Waals surface area contributed by atoms with Gasteiger partial charge in [-0.25, -0.2) is 0 Å². The van der Waals surface area contributed by atoms with Crippen molar-refractivity contribution in [3.05, 3.63) is 35.9 Å². The van der Waals surface area contributed by atoms with Crippen LogP contribution in [0.2, 0.25) is 0 Å². The summed E-state index contributed by atoms with van der Waals surface area (Å²) in [5, 5.41) is 0.404. The van der Waals surface area contributed by atoms with Crippen LogP contribution in [-0.2, 0) is 16.0 Å². The Labute approximate surface area is 120 Å². The Morgan fingerprint density at radius 1 is 1.26 bits per heavy atom. The summed E-state index contributed by atoms with van der Waals surface area (Å²) in [6.45, 7) is 7.13. The van der Waals surface area contributed by atoms with Crippen molar-refractivity contribution >= 4 is 23.2 Å². The molecular formula is C15H21NO2S. The zero-order chi connectivity index (χ0) is 14.3. The molecule has 0 fully saturated rings. The van der Waals surface area contributed by atoms with Crippen LogP contribution < -0.4 is 0 Å². The van der Waals surface area contributed by atoms with Gasteiger partial charge in [0.1, 0.15) is 0 Å². The zero-order valence-electron chi connectivity index (χ0n) is 11.8. The number of ether oxygens (including phenoxy) is 1. The lowest BCUT2D eigenvalue weighted by molar-refractivity contribution is -0.124. The van der Waals surface area contributed by atoms with Gasteiger partial charge in [0.15, 0.2) is 11.9 Å².